The Kier molecular flexibility index (Phi) is 6.41. The molecule has 1 aliphatic heterocycles. The average Bonchev–Trinajstić information content (AvgIpc) is 2.33. The smallest absolute Gasteiger partial charge is 0.387 e. The number of amides is 1. The van der Waals surface area contributed by atoms with Crippen LogP contribution >= 0.6 is 0 Å². The van der Waals surface area contributed by atoms with E-state index < -0.39 is 64.0 Å². The first kappa shape index (κ1) is 20.1. The van der Waals surface area contributed by atoms with E-state index >= 15 is 0 Å². The molecule has 136 valence electrons. The van der Waals surface area contributed by atoms with Crippen LogP contribution in [0.3, 0.4) is 0 Å². The molecule has 1 saturated heterocycles. The fraction of sp³-hybridized carbons (Fsp3) is 0.875. The standard InChI is InChI=1S/C8H15NO12S2/c1-3(10)9-5-7(21-23(16,17)18)6(11)4(20-8(5)12)2-19-22(13,14)15/h4-8,11-12H,2H2,1H3,(H,9,10)(H,13,14,15)(H,16,17,18)/t4-,5-,6-,7-,8+/m1/s1. The highest BCUT2D eigenvalue weighted by Gasteiger charge is 2.48. The molecule has 1 aliphatic rings. The molecule has 0 spiro atoms. The minimum Gasteiger partial charge on any atom is -0.387 e. The third-order valence-electron chi connectivity index (χ3n) is 2.68. The van der Waals surface area contributed by atoms with Gasteiger partial charge >= 0.3 is 20.8 Å². The van der Waals surface area contributed by atoms with E-state index in [0.29, 0.717) is 0 Å². The Morgan fingerprint density at radius 1 is 1.17 bits per heavy atom. The lowest BCUT2D eigenvalue weighted by atomic mass is 9.97. The number of aliphatic hydroxyl groups is 2. The molecule has 15 heteroatoms. The van der Waals surface area contributed by atoms with Crippen molar-refractivity contribution in [2.24, 2.45) is 0 Å². The van der Waals surface area contributed by atoms with Crippen LogP contribution < -0.4 is 5.32 Å². The SMILES string of the molecule is CC(=O)N[C@@H]1[C@@H](OS(=O)(=O)O)[C@H](O)[C@@H](COS(=O)(=O)O)O[C@@H]1O. The fourth-order valence-corrected chi connectivity index (χ4v) is 2.69. The van der Waals surface area contributed by atoms with Gasteiger partial charge in [0.25, 0.3) is 0 Å². The van der Waals surface area contributed by atoms with Crippen LogP contribution in [0.4, 0.5) is 0 Å². The first-order valence-electron chi connectivity index (χ1n) is 5.86. The maximum Gasteiger partial charge on any atom is 0.397 e. The Balaban J connectivity index is 3.00. The monoisotopic (exact) mass is 381 g/mol. The van der Waals surface area contributed by atoms with Crippen LogP contribution in [-0.4, -0.2) is 79.3 Å². The van der Waals surface area contributed by atoms with Gasteiger partial charge < -0.3 is 20.3 Å². The van der Waals surface area contributed by atoms with E-state index in [1.807, 2.05) is 5.32 Å². The third-order valence-corrected chi connectivity index (χ3v) is 3.58. The minimum atomic E-state index is -5.10. The second-order valence-electron chi connectivity index (χ2n) is 4.48. The summed E-state index contributed by atoms with van der Waals surface area (Å²) in [6, 6.07) is -1.61. The molecule has 1 rings (SSSR count). The number of carbonyl (C=O) groups excluding carboxylic acids is 1. The summed E-state index contributed by atoms with van der Waals surface area (Å²) in [5.41, 5.74) is 0. The van der Waals surface area contributed by atoms with Crippen molar-refractivity contribution in [3.63, 3.8) is 0 Å². The fourth-order valence-electron chi connectivity index (χ4n) is 1.87. The van der Waals surface area contributed by atoms with E-state index in [-0.39, 0.29) is 0 Å². The van der Waals surface area contributed by atoms with Gasteiger partial charge in [0.2, 0.25) is 5.91 Å². The highest BCUT2D eigenvalue weighted by Crippen LogP contribution is 2.24. The van der Waals surface area contributed by atoms with Crippen molar-refractivity contribution < 1.29 is 54.1 Å². The van der Waals surface area contributed by atoms with Gasteiger partial charge in [-0.05, 0) is 0 Å². The Morgan fingerprint density at radius 3 is 2.17 bits per heavy atom. The highest BCUT2D eigenvalue weighted by atomic mass is 32.3. The number of hydrogen-bond donors (Lipinski definition) is 5. The van der Waals surface area contributed by atoms with Gasteiger partial charge in [0.1, 0.15) is 24.4 Å². The van der Waals surface area contributed by atoms with Gasteiger partial charge in [0.05, 0.1) is 6.61 Å². The van der Waals surface area contributed by atoms with E-state index in [4.69, 9.17) is 13.8 Å². The Labute approximate surface area is 131 Å². The van der Waals surface area contributed by atoms with Crippen molar-refractivity contribution in [3.05, 3.63) is 0 Å². The molecule has 5 N–H and O–H groups in total. The van der Waals surface area contributed by atoms with Crippen molar-refractivity contribution in [1.82, 2.24) is 5.32 Å². The van der Waals surface area contributed by atoms with E-state index in [1.54, 1.807) is 0 Å². The van der Waals surface area contributed by atoms with Gasteiger partial charge in [-0.2, -0.15) is 16.8 Å². The number of aliphatic hydroxyl groups excluding tert-OH is 2. The van der Waals surface area contributed by atoms with Crippen LogP contribution in [0.2, 0.25) is 0 Å². The van der Waals surface area contributed by atoms with E-state index in [9.17, 15) is 31.8 Å². The minimum absolute atomic E-state index is 0.749. The van der Waals surface area contributed by atoms with Crippen molar-refractivity contribution in [1.29, 1.82) is 0 Å². The number of nitrogens with one attached hydrogen (secondary N) is 1. The van der Waals surface area contributed by atoms with Gasteiger partial charge in [0.15, 0.2) is 6.29 Å². The maximum atomic E-state index is 11.1. The first-order chi connectivity index (χ1) is 10.3. The topological polar surface area (TPSA) is 206 Å². The largest absolute Gasteiger partial charge is 0.397 e. The van der Waals surface area contributed by atoms with Crippen LogP contribution in [0.1, 0.15) is 6.92 Å². The van der Waals surface area contributed by atoms with E-state index in [2.05, 4.69) is 8.37 Å². The molecule has 13 nitrogen and oxygen atoms in total. The zero-order chi connectivity index (χ0) is 18.0. The quantitative estimate of drug-likeness (QED) is 0.285. The number of rotatable bonds is 6. The molecule has 0 aromatic heterocycles. The summed E-state index contributed by atoms with van der Waals surface area (Å²) in [5, 5.41) is 21.7. The predicted octanol–water partition coefficient (Wildman–Crippen LogP) is -3.42. The van der Waals surface area contributed by atoms with Crippen molar-refractivity contribution in [2.45, 2.75) is 37.6 Å². The van der Waals surface area contributed by atoms with Crippen LogP contribution in [0.25, 0.3) is 0 Å². The van der Waals surface area contributed by atoms with E-state index in [0.717, 1.165) is 6.92 Å². The van der Waals surface area contributed by atoms with Crippen LogP contribution in [0.5, 0.6) is 0 Å². The second kappa shape index (κ2) is 7.32. The molecule has 0 aromatic rings. The van der Waals surface area contributed by atoms with Gasteiger partial charge in [0, 0.05) is 6.92 Å². The van der Waals surface area contributed by atoms with Crippen LogP contribution in [0, 0.1) is 0 Å². The summed E-state index contributed by atoms with van der Waals surface area (Å²) >= 11 is 0. The summed E-state index contributed by atoms with van der Waals surface area (Å²) in [6.45, 7) is 0.00628. The second-order valence-corrected chi connectivity index (χ2v) is 6.62. The lowest BCUT2D eigenvalue weighted by Crippen LogP contribution is -2.65. The molecule has 0 saturated carbocycles. The van der Waals surface area contributed by atoms with Gasteiger partial charge in [-0.3, -0.25) is 13.9 Å². The van der Waals surface area contributed by atoms with Crippen molar-refractivity contribution >= 4 is 26.7 Å². The molecule has 0 radical (unpaired) electrons. The summed E-state index contributed by atoms with van der Waals surface area (Å²) < 4.78 is 72.7. The molecule has 0 unspecified atom stereocenters. The molecule has 1 fully saturated rings. The average molecular weight is 381 g/mol. The number of ether oxygens (including phenoxy) is 1. The Morgan fingerprint density at radius 2 is 1.74 bits per heavy atom. The zero-order valence-electron chi connectivity index (χ0n) is 11.5. The summed E-state index contributed by atoms with van der Waals surface area (Å²) in [7, 11) is -10.0. The van der Waals surface area contributed by atoms with E-state index in [1.165, 1.54) is 0 Å². The molecule has 0 aromatic carbocycles. The van der Waals surface area contributed by atoms with Crippen molar-refractivity contribution in [3.8, 4) is 0 Å². The highest BCUT2D eigenvalue weighted by molar-refractivity contribution is 7.81. The molecule has 0 aliphatic carbocycles. The predicted molar refractivity (Wildman–Crippen MR) is 68.4 cm³/mol. The molecule has 1 amide bonds. The number of hydrogen-bond acceptors (Lipinski definition) is 10. The zero-order valence-corrected chi connectivity index (χ0v) is 13.1. The summed E-state index contributed by atoms with van der Waals surface area (Å²) in [4.78, 5) is 11.1. The van der Waals surface area contributed by atoms with Crippen LogP contribution in [-0.2, 0) is 38.7 Å². The summed E-state index contributed by atoms with van der Waals surface area (Å²) in [6.07, 6.45) is -7.49. The summed E-state index contributed by atoms with van der Waals surface area (Å²) in [5.74, 6) is -0.749. The normalized spacial score (nSPS) is 32.5. The lowest BCUT2D eigenvalue weighted by Gasteiger charge is -2.41. The molecule has 1 heterocycles. The molecule has 5 atom stereocenters. The Bertz CT molecular complexity index is 629. The Hall–Kier alpha value is -0.910. The lowest BCUT2D eigenvalue weighted by molar-refractivity contribution is -0.247. The first-order valence-corrected chi connectivity index (χ1v) is 8.59. The molecular weight excluding hydrogens is 366 g/mol. The molecule has 0 bridgehead atoms. The third kappa shape index (κ3) is 6.61. The van der Waals surface area contributed by atoms with Gasteiger partial charge in [-0.25, -0.2) is 8.37 Å². The van der Waals surface area contributed by atoms with Crippen molar-refractivity contribution in [2.75, 3.05) is 6.61 Å². The maximum absolute atomic E-state index is 11.1. The number of carbonyl (C=O) groups is 1. The van der Waals surface area contributed by atoms with Crippen LogP contribution in [0.15, 0.2) is 0 Å². The van der Waals surface area contributed by atoms with Gasteiger partial charge in [-0.15, -0.1) is 0 Å². The molecule has 23 heavy (non-hydrogen) atoms. The molecular formula is C8H15NO12S2. The van der Waals surface area contributed by atoms with Gasteiger partial charge in [-0.1, -0.05) is 0 Å².